The van der Waals surface area contributed by atoms with Crippen LogP contribution in [0.2, 0.25) is 0 Å². The molecule has 0 aromatic heterocycles. The maximum Gasteiger partial charge on any atom is 0.162 e. The van der Waals surface area contributed by atoms with Gasteiger partial charge in [-0.25, -0.2) is 0 Å². The van der Waals surface area contributed by atoms with Crippen molar-refractivity contribution in [3.8, 4) is 11.5 Å². The second-order valence-corrected chi connectivity index (χ2v) is 15.2. The summed E-state index contributed by atoms with van der Waals surface area (Å²) < 4.78 is 13.4. The largest absolute Gasteiger partial charge is 0.481 e. The Morgan fingerprint density at radius 1 is 0.741 bits per heavy atom. The van der Waals surface area contributed by atoms with Crippen LogP contribution in [0.3, 0.4) is 0 Å². The van der Waals surface area contributed by atoms with Crippen LogP contribution < -0.4 is 20.1 Å². The number of benzene rings is 2. The molecule has 3 aliphatic heterocycles. The van der Waals surface area contributed by atoms with Gasteiger partial charge in [-0.3, -0.25) is 0 Å². The minimum Gasteiger partial charge on any atom is -0.481 e. The Morgan fingerprint density at radius 2 is 1.15 bits per heavy atom. The van der Waals surface area contributed by atoms with Gasteiger partial charge in [0.05, 0.1) is 0 Å². The van der Waals surface area contributed by atoms with Crippen LogP contribution in [0.5, 0.6) is 11.5 Å². The van der Waals surface area contributed by atoms with Crippen molar-refractivity contribution in [3.05, 3.63) is 47.5 Å². The molecule has 0 saturated carbocycles. The number of fused-ring (bicyclic) bond motifs is 7. The lowest BCUT2D eigenvalue weighted by atomic mass is 9.99. The molecule has 0 bridgehead atoms. The van der Waals surface area contributed by atoms with Crippen LogP contribution in [0.4, 0.5) is 0 Å². The fraction of sp³-hybridized carbons (Fsp3) is 0.478. The summed E-state index contributed by atoms with van der Waals surface area (Å²) in [6.07, 6.45) is 1.21. The standard InChI is InChI=1S/C23H28O2P2/c1-14-9-7-11-16-18(14)26-20(24-16)21-25-17-12-8-10-15(2)19(17)27(21)23(5,6)13-22(26,3)4/h7-12,20-21H,13H2,1-6H3/t20-,21-,26-,27-/m0/s1. The van der Waals surface area contributed by atoms with E-state index in [9.17, 15) is 0 Å². The molecule has 2 aromatic rings. The lowest BCUT2D eigenvalue weighted by Gasteiger charge is -2.39. The number of rotatable bonds is 0. The van der Waals surface area contributed by atoms with Gasteiger partial charge in [0.15, 0.2) is 11.7 Å². The molecule has 5 rings (SSSR count). The molecular formula is C23H28O2P2. The topological polar surface area (TPSA) is 18.5 Å². The minimum absolute atomic E-state index is 0.158. The first-order valence-corrected chi connectivity index (χ1v) is 12.6. The third-order valence-electron chi connectivity index (χ3n) is 6.30. The predicted octanol–water partition coefficient (Wildman–Crippen LogP) is 5.62. The maximum atomic E-state index is 6.71. The third-order valence-corrected chi connectivity index (χ3v) is 13.3. The Balaban J connectivity index is 1.72. The van der Waals surface area contributed by atoms with E-state index in [4.69, 9.17) is 9.47 Å². The molecule has 27 heavy (non-hydrogen) atoms. The fourth-order valence-electron chi connectivity index (χ4n) is 5.59. The van der Waals surface area contributed by atoms with Crippen LogP contribution in [0.15, 0.2) is 36.4 Å². The van der Waals surface area contributed by atoms with E-state index in [0.717, 1.165) is 11.5 Å². The van der Waals surface area contributed by atoms with Crippen molar-refractivity contribution >= 4 is 26.5 Å². The summed E-state index contributed by atoms with van der Waals surface area (Å²) in [5.41, 5.74) is 2.76. The molecule has 0 spiro atoms. The average Bonchev–Trinajstić information content (AvgIpc) is 3.12. The SMILES string of the molecule is Cc1cccc2c1[P@@]1[C@H](O2)[C@H]2Oc3cccc(C)c3[P@]2C(C)(C)CC1(C)C. The van der Waals surface area contributed by atoms with Gasteiger partial charge in [0, 0.05) is 10.6 Å². The first-order valence-electron chi connectivity index (χ1n) is 9.82. The molecule has 0 aliphatic carbocycles. The van der Waals surface area contributed by atoms with Gasteiger partial charge in [0.2, 0.25) is 0 Å². The average molecular weight is 398 g/mol. The Morgan fingerprint density at radius 3 is 1.56 bits per heavy atom. The van der Waals surface area contributed by atoms with Gasteiger partial charge in [0.25, 0.3) is 0 Å². The molecular weight excluding hydrogens is 370 g/mol. The van der Waals surface area contributed by atoms with Gasteiger partial charge in [-0.15, -0.1) is 0 Å². The van der Waals surface area contributed by atoms with Crippen molar-refractivity contribution in [2.45, 2.75) is 70.0 Å². The van der Waals surface area contributed by atoms with E-state index in [1.54, 1.807) is 0 Å². The molecule has 0 N–H and O–H groups in total. The van der Waals surface area contributed by atoms with E-state index in [-0.39, 0.29) is 22.0 Å². The van der Waals surface area contributed by atoms with Gasteiger partial charge < -0.3 is 9.47 Å². The number of aryl methyl sites for hydroxylation is 2. The summed E-state index contributed by atoms with van der Waals surface area (Å²) in [7, 11) is -0.919. The van der Waals surface area contributed by atoms with Crippen LogP contribution in [0.25, 0.3) is 0 Å². The summed E-state index contributed by atoms with van der Waals surface area (Å²) >= 11 is 0. The van der Waals surface area contributed by atoms with Gasteiger partial charge in [-0.05, 0) is 69.7 Å². The fourth-order valence-corrected chi connectivity index (χ4v) is 13.4. The van der Waals surface area contributed by atoms with Crippen LogP contribution in [0.1, 0.15) is 45.2 Å². The molecule has 142 valence electrons. The van der Waals surface area contributed by atoms with Gasteiger partial charge >= 0.3 is 0 Å². The van der Waals surface area contributed by atoms with E-state index in [0.29, 0.717) is 0 Å². The second-order valence-electron chi connectivity index (χ2n) is 9.40. The monoisotopic (exact) mass is 398 g/mol. The molecule has 2 aromatic carbocycles. The lowest BCUT2D eigenvalue weighted by molar-refractivity contribution is 0.173. The Kier molecular flexibility index (Phi) is 3.80. The van der Waals surface area contributed by atoms with Crippen LogP contribution in [-0.4, -0.2) is 22.0 Å². The molecule has 2 nitrogen and oxygen atoms in total. The molecule has 4 heteroatoms. The van der Waals surface area contributed by atoms with Crippen molar-refractivity contribution in [3.63, 3.8) is 0 Å². The Hall–Kier alpha value is -1.10. The predicted molar refractivity (Wildman–Crippen MR) is 117 cm³/mol. The third kappa shape index (κ3) is 2.46. The van der Waals surface area contributed by atoms with Crippen molar-refractivity contribution in [2.24, 2.45) is 0 Å². The van der Waals surface area contributed by atoms with Crippen molar-refractivity contribution < 1.29 is 9.47 Å². The summed E-state index contributed by atoms with van der Waals surface area (Å²) in [5.74, 6) is 2.52. The normalized spacial score (nSPS) is 31.6. The Labute approximate surface area is 165 Å². The lowest BCUT2D eigenvalue weighted by Crippen LogP contribution is -2.33. The quantitative estimate of drug-likeness (QED) is 0.537. The van der Waals surface area contributed by atoms with Crippen molar-refractivity contribution in [1.82, 2.24) is 0 Å². The maximum absolute atomic E-state index is 6.71. The highest BCUT2D eigenvalue weighted by Gasteiger charge is 2.60. The van der Waals surface area contributed by atoms with Gasteiger partial charge in [-0.2, -0.15) is 0 Å². The first-order chi connectivity index (χ1) is 12.7. The Bertz CT molecular complexity index is 858. The highest BCUT2D eigenvalue weighted by molar-refractivity contribution is 7.73. The second kappa shape index (κ2) is 5.71. The summed E-state index contributed by atoms with van der Waals surface area (Å²) in [6, 6.07) is 13.1. The first kappa shape index (κ1) is 18.0. The minimum atomic E-state index is -0.460. The van der Waals surface area contributed by atoms with Crippen LogP contribution in [-0.2, 0) is 0 Å². The molecule has 0 unspecified atom stereocenters. The molecule has 1 fully saturated rings. The highest BCUT2D eigenvalue weighted by atomic mass is 31.1. The number of ether oxygens (including phenoxy) is 2. The summed E-state index contributed by atoms with van der Waals surface area (Å²) in [6.45, 7) is 14.4. The van der Waals surface area contributed by atoms with Gasteiger partial charge in [0.1, 0.15) is 11.5 Å². The highest BCUT2D eigenvalue weighted by Crippen LogP contribution is 2.74. The number of hydrogen-bond acceptors (Lipinski definition) is 2. The zero-order valence-corrected chi connectivity index (χ0v) is 18.8. The van der Waals surface area contributed by atoms with E-state index >= 15 is 0 Å². The zero-order valence-electron chi connectivity index (χ0n) is 17.0. The molecule has 0 amide bonds. The van der Waals surface area contributed by atoms with E-state index in [2.05, 4.69) is 77.9 Å². The van der Waals surface area contributed by atoms with Crippen LogP contribution in [0, 0.1) is 13.8 Å². The zero-order chi connectivity index (χ0) is 19.1. The molecule has 0 radical (unpaired) electrons. The molecule has 4 atom stereocenters. The van der Waals surface area contributed by atoms with Crippen LogP contribution >= 0.6 is 15.8 Å². The van der Waals surface area contributed by atoms with Crippen molar-refractivity contribution in [1.29, 1.82) is 0 Å². The summed E-state index contributed by atoms with van der Waals surface area (Å²) in [4.78, 5) is 0. The summed E-state index contributed by atoms with van der Waals surface area (Å²) in [5, 5.41) is 3.40. The molecule has 3 aliphatic rings. The number of hydrogen-bond donors (Lipinski definition) is 0. The molecule has 1 saturated heterocycles. The van der Waals surface area contributed by atoms with E-state index < -0.39 is 15.8 Å². The smallest absolute Gasteiger partial charge is 0.162 e. The van der Waals surface area contributed by atoms with Crippen molar-refractivity contribution in [2.75, 3.05) is 0 Å². The molecule has 3 heterocycles. The van der Waals surface area contributed by atoms with E-state index in [1.807, 2.05) is 0 Å². The van der Waals surface area contributed by atoms with E-state index in [1.165, 1.54) is 28.2 Å². The van der Waals surface area contributed by atoms with Gasteiger partial charge in [-0.1, -0.05) is 52.0 Å².